The minimum Gasteiger partial charge on any atom is -0.369 e. The highest BCUT2D eigenvalue weighted by atomic mass is 32.2. The number of sulfone groups is 1. The van der Waals surface area contributed by atoms with Gasteiger partial charge in [0.15, 0.2) is 9.84 Å². The van der Waals surface area contributed by atoms with Gasteiger partial charge in [-0.05, 0) is 0 Å². The van der Waals surface area contributed by atoms with Crippen molar-refractivity contribution in [3.63, 3.8) is 0 Å². The predicted octanol–water partition coefficient (Wildman–Crippen LogP) is 1.21. The summed E-state index contributed by atoms with van der Waals surface area (Å²) in [6, 6.07) is 0. The van der Waals surface area contributed by atoms with Gasteiger partial charge in [-0.1, -0.05) is 25.6 Å². The van der Waals surface area contributed by atoms with E-state index >= 15 is 0 Å². The van der Waals surface area contributed by atoms with Gasteiger partial charge in [-0.25, -0.2) is 8.42 Å². The third-order valence-corrected chi connectivity index (χ3v) is 3.40. The van der Waals surface area contributed by atoms with Crippen molar-refractivity contribution < 1.29 is 26.7 Å². The van der Waals surface area contributed by atoms with Crippen LogP contribution in [0.2, 0.25) is 19.6 Å². The zero-order valence-corrected chi connectivity index (χ0v) is 11.8. The average molecular weight is 288 g/mol. The second-order valence-corrected chi connectivity index (χ2v) is 11.8. The maximum Gasteiger partial charge on any atom is 0.429 e. The fourth-order valence-corrected chi connectivity index (χ4v) is 2.44. The standard InChI is InChI=1S/C9H15F3O3SSi/c1-16(14,15)7-8(13,9(10,11)12)5-6-17(2,3)4/h13H,7H2,1-4H3. The van der Waals surface area contributed by atoms with Crippen LogP contribution in [0.5, 0.6) is 0 Å². The van der Waals surface area contributed by atoms with E-state index in [4.69, 9.17) is 0 Å². The molecule has 0 saturated heterocycles. The summed E-state index contributed by atoms with van der Waals surface area (Å²) < 4.78 is 59.6. The first-order valence-corrected chi connectivity index (χ1v) is 10.2. The number of alkyl halides is 3. The summed E-state index contributed by atoms with van der Waals surface area (Å²) >= 11 is 0. The van der Waals surface area contributed by atoms with Crippen LogP contribution in [0.1, 0.15) is 0 Å². The monoisotopic (exact) mass is 288 g/mol. The van der Waals surface area contributed by atoms with E-state index in [-0.39, 0.29) is 0 Å². The molecule has 17 heavy (non-hydrogen) atoms. The van der Waals surface area contributed by atoms with E-state index in [1.54, 1.807) is 25.6 Å². The van der Waals surface area contributed by atoms with Crippen molar-refractivity contribution in [2.24, 2.45) is 0 Å². The molecule has 0 spiro atoms. The van der Waals surface area contributed by atoms with Crippen molar-refractivity contribution in [3.05, 3.63) is 0 Å². The van der Waals surface area contributed by atoms with Crippen molar-refractivity contribution >= 4 is 17.9 Å². The van der Waals surface area contributed by atoms with E-state index < -0.39 is 35.4 Å². The van der Waals surface area contributed by atoms with Gasteiger partial charge >= 0.3 is 6.18 Å². The smallest absolute Gasteiger partial charge is 0.369 e. The van der Waals surface area contributed by atoms with Crippen LogP contribution >= 0.6 is 0 Å². The van der Waals surface area contributed by atoms with Crippen LogP contribution in [-0.4, -0.2) is 45.4 Å². The summed E-state index contributed by atoms with van der Waals surface area (Å²) in [7, 11) is -6.13. The molecule has 0 heterocycles. The normalized spacial score (nSPS) is 16.9. The molecule has 0 aliphatic rings. The number of hydrogen-bond donors (Lipinski definition) is 1. The molecule has 0 bridgehead atoms. The maximum atomic E-state index is 12.6. The van der Waals surface area contributed by atoms with E-state index in [0.717, 1.165) is 0 Å². The Morgan fingerprint density at radius 3 is 1.88 bits per heavy atom. The maximum absolute atomic E-state index is 12.6. The van der Waals surface area contributed by atoms with Crippen LogP contribution < -0.4 is 0 Å². The van der Waals surface area contributed by atoms with Crippen molar-refractivity contribution in [2.75, 3.05) is 12.0 Å². The molecule has 0 aromatic rings. The molecule has 0 aliphatic heterocycles. The molecule has 0 aliphatic carbocycles. The van der Waals surface area contributed by atoms with Gasteiger partial charge in [0.25, 0.3) is 0 Å². The molecule has 0 aromatic heterocycles. The average Bonchev–Trinajstić information content (AvgIpc) is 1.94. The molecule has 1 N–H and O–H groups in total. The van der Waals surface area contributed by atoms with E-state index in [1.807, 2.05) is 0 Å². The summed E-state index contributed by atoms with van der Waals surface area (Å²) in [5.74, 6) is 0.252. The van der Waals surface area contributed by atoms with E-state index in [1.165, 1.54) is 0 Å². The van der Waals surface area contributed by atoms with Crippen molar-refractivity contribution in [3.8, 4) is 11.5 Å². The molecule has 0 rings (SSSR count). The minimum atomic E-state index is -5.09. The van der Waals surface area contributed by atoms with Crippen LogP contribution in [-0.2, 0) is 9.84 Å². The lowest BCUT2D eigenvalue weighted by molar-refractivity contribution is -0.226. The number of hydrogen-bond acceptors (Lipinski definition) is 3. The molecule has 1 unspecified atom stereocenters. The fraction of sp³-hybridized carbons (Fsp3) is 0.778. The van der Waals surface area contributed by atoms with Gasteiger partial charge in [0.2, 0.25) is 5.60 Å². The molecular weight excluding hydrogens is 273 g/mol. The lowest BCUT2D eigenvalue weighted by Gasteiger charge is -2.24. The van der Waals surface area contributed by atoms with Gasteiger partial charge in [0.1, 0.15) is 8.07 Å². The first kappa shape index (κ1) is 16.5. The summed E-state index contributed by atoms with van der Waals surface area (Å²) in [5, 5.41) is 9.39. The van der Waals surface area contributed by atoms with Gasteiger partial charge in [-0.15, -0.1) is 5.54 Å². The van der Waals surface area contributed by atoms with Crippen molar-refractivity contribution in [1.82, 2.24) is 0 Å². The third-order valence-electron chi connectivity index (χ3n) is 1.58. The molecule has 3 nitrogen and oxygen atoms in total. The van der Waals surface area contributed by atoms with Crippen LogP contribution in [0.25, 0.3) is 0 Å². The van der Waals surface area contributed by atoms with Crippen LogP contribution in [0.4, 0.5) is 13.2 Å². The first-order valence-electron chi connectivity index (χ1n) is 4.67. The molecule has 0 amide bonds. The first-order chi connectivity index (χ1) is 7.16. The number of halogens is 3. The largest absolute Gasteiger partial charge is 0.429 e. The highest BCUT2D eigenvalue weighted by Gasteiger charge is 2.54. The lowest BCUT2D eigenvalue weighted by Crippen LogP contribution is -2.49. The van der Waals surface area contributed by atoms with Crippen molar-refractivity contribution in [1.29, 1.82) is 0 Å². The van der Waals surface area contributed by atoms with E-state index in [2.05, 4.69) is 5.54 Å². The Hall–Kier alpha value is -0.523. The molecule has 0 aromatic carbocycles. The fourth-order valence-electron chi connectivity index (χ4n) is 0.859. The van der Waals surface area contributed by atoms with Crippen LogP contribution in [0, 0.1) is 11.5 Å². The SMILES string of the molecule is C[Si](C)(C)C#CC(O)(CS(C)(=O)=O)C(F)(F)F. The Morgan fingerprint density at radius 1 is 1.24 bits per heavy atom. The number of rotatable bonds is 2. The van der Waals surface area contributed by atoms with Crippen LogP contribution in [0.3, 0.4) is 0 Å². The molecule has 100 valence electrons. The quantitative estimate of drug-likeness (QED) is 0.614. The van der Waals surface area contributed by atoms with E-state index in [9.17, 15) is 26.7 Å². The van der Waals surface area contributed by atoms with Gasteiger partial charge in [0, 0.05) is 6.26 Å². The van der Waals surface area contributed by atoms with Gasteiger partial charge in [0.05, 0.1) is 5.75 Å². The van der Waals surface area contributed by atoms with E-state index in [0.29, 0.717) is 6.26 Å². The molecule has 0 saturated carbocycles. The molecule has 8 heteroatoms. The Balaban J connectivity index is 5.50. The Kier molecular flexibility index (Phi) is 4.48. The second-order valence-electron chi connectivity index (χ2n) is 4.93. The number of aliphatic hydroxyl groups is 1. The highest BCUT2D eigenvalue weighted by Crippen LogP contribution is 2.31. The summed E-state index contributed by atoms with van der Waals surface area (Å²) in [5.41, 5.74) is -1.14. The lowest BCUT2D eigenvalue weighted by atomic mass is 10.1. The predicted molar refractivity (Wildman–Crippen MR) is 61.8 cm³/mol. The van der Waals surface area contributed by atoms with Gasteiger partial charge < -0.3 is 5.11 Å². The Labute approximate surface area is 100.0 Å². The van der Waals surface area contributed by atoms with Gasteiger partial charge in [-0.2, -0.15) is 13.2 Å². The zero-order chi connectivity index (χ0) is 14.1. The molecule has 0 fully saturated rings. The summed E-state index contributed by atoms with van der Waals surface area (Å²) in [4.78, 5) is 0. The minimum absolute atomic E-state index is 0.625. The molecule has 1 atom stereocenters. The van der Waals surface area contributed by atoms with Crippen molar-refractivity contribution in [2.45, 2.75) is 31.4 Å². The van der Waals surface area contributed by atoms with Crippen LogP contribution in [0.15, 0.2) is 0 Å². The summed E-state index contributed by atoms with van der Waals surface area (Å²) in [6.07, 6.45) is -4.47. The summed E-state index contributed by atoms with van der Waals surface area (Å²) in [6.45, 7) is 5.08. The molecular formula is C9H15F3O3SSi. The highest BCUT2D eigenvalue weighted by molar-refractivity contribution is 7.90. The van der Waals surface area contributed by atoms with Gasteiger partial charge in [-0.3, -0.25) is 0 Å². The molecule has 0 radical (unpaired) electrons. The topological polar surface area (TPSA) is 54.4 Å². The Morgan fingerprint density at radius 2 is 1.65 bits per heavy atom. The second kappa shape index (κ2) is 4.63. The Bertz CT molecular complexity index is 439. The zero-order valence-electron chi connectivity index (χ0n) is 10.0. The third kappa shape index (κ3) is 6.09.